The summed E-state index contributed by atoms with van der Waals surface area (Å²) in [4.78, 5) is 16.3. The summed E-state index contributed by atoms with van der Waals surface area (Å²) in [5.74, 6) is 0.165. The van der Waals surface area contributed by atoms with Crippen LogP contribution in [0.1, 0.15) is 31.7 Å². The number of aryl methyl sites for hydroxylation is 1. The summed E-state index contributed by atoms with van der Waals surface area (Å²) in [6.45, 7) is 3.31. The molecule has 1 saturated heterocycles. The van der Waals surface area contributed by atoms with Gasteiger partial charge in [-0.25, -0.2) is 0 Å². The first-order chi connectivity index (χ1) is 10.4. The molecule has 0 bridgehead atoms. The highest BCUT2D eigenvalue weighted by atomic mass is 16.2. The van der Waals surface area contributed by atoms with Gasteiger partial charge in [0.25, 0.3) is 0 Å². The normalized spacial score (nSPS) is 21.3. The zero-order valence-electron chi connectivity index (χ0n) is 13.8. The molecule has 1 aliphatic rings. The number of hydrogen-bond donors (Lipinski definition) is 0. The molecule has 0 radical (unpaired) electrons. The lowest BCUT2D eigenvalue weighted by Crippen LogP contribution is -2.44. The molecule has 1 heterocycles. The van der Waals surface area contributed by atoms with Gasteiger partial charge < -0.3 is 9.80 Å². The first-order valence-corrected chi connectivity index (χ1v) is 7.89. The number of carbonyl (C=O) groups is 1. The maximum atomic E-state index is 12.4. The van der Waals surface area contributed by atoms with E-state index in [4.69, 9.17) is 0 Å². The summed E-state index contributed by atoms with van der Waals surface area (Å²) >= 11 is 0. The van der Waals surface area contributed by atoms with Crippen molar-refractivity contribution in [2.75, 3.05) is 32.1 Å². The van der Waals surface area contributed by atoms with Crippen LogP contribution in [0.5, 0.6) is 0 Å². The van der Waals surface area contributed by atoms with E-state index in [-0.39, 0.29) is 11.3 Å². The average molecular weight is 299 g/mol. The van der Waals surface area contributed by atoms with E-state index in [9.17, 15) is 10.1 Å². The van der Waals surface area contributed by atoms with Crippen molar-refractivity contribution in [1.82, 2.24) is 4.90 Å². The van der Waals surface area contributed by atoms with E-state index in [1.807, 2.05) is 25.9 Å². The van der Waals surface area contributed by atoms with Gasteiger partial charge in [-0.2, -0.15) is 5.26 Å². The summed E-state index contributed by atoms with van der Waals surface area (Å²) in [6, 6.07) is 10.7. The molecule has 1 fully saturated rings. The molecule has 0 spiro atoms. The van der Waals surface area contributed by atoms with Crippen LogP contribution < -0.4 is 4.90 Å². The third kappa shape index (κ3) is 4.00. The van der Waals surface area contributed by atoms with Gasteiger partial charge in [0.05, 0.1) is 11.5 Å². The van der Waals surface area contributed by atoms with E-state index >= 15 is 0 Å². The van der Waals surface area contributed by atoms with Gasteiger partial charge in [0.1, 0.15) is 0 Å². The van der Waals surface area contributed by atoms with Gasteiger partial charge >= 0.3 is 0 Å². The summed E-state index contributed by atoms with van der Waals surface area (Å²) in [6.07, 6.45) is 3.09. The van der Waals surface area contributed by atoms with Gasteiger partial charge in [-0.1, -0.05) is 12.1 Å². The highest BCUT2D eigenvalue weighted by molar-refractivity contribution is 5.76. The molecule has 1 atom stereocenters. The maximum absolute atomic E-state index is 12.4. The third-order valence-electron chi connectivity index (χ3n) is 4.40. The third-order valence-corrected chi connectivity index (χ3v) is 4.40. The Balaban J connectivity index is 1.88. The van der Waals surface area contributed by atoms with Crippen LogP contribution in [-0.4, -0.2) is 38.0 Å². The first kappa shape index (κ1) is 16.4. The molecular weight excluding hydrogens is 274 g/mol. The van der Waals surface area contributed by atoms with E-state index in [0.717, 1.165) is 31.5 Å². The number of likely N-dealkylation sites (tertiary alicyclic amines) is 1. The summed E-state index contributed by atoms with van der Waals surface area (Å²) < 4.78 is 0. The van der Waals surface area contributed by atoms with Crippen molar-refractivity contribution >= 4 is 11.6 Å². The average Bonchev–Trinajstić information content (AvgIpc) is 2.53. The number of nitriles is 1. The number of anilines is 1. The van der Waals surface area contributed by atoms with E-state index in [1.165, 1.54) is 5.56 Å². The van der Waals surface area contributed by atoms with Crippen molar-refractivity contribution in [2.45, 2.75) is 32.6 Å². The minimum absolute atomic E-state index is 0.165. The van der Waals surface area contributed by atoms with Crippen molar-refractivity contribution in [3.63, 3.8) is 0 Å². The Kier molecular flexibility index (Phi) is 5.07. The summed E-state index contributed by atoms with van der Waals surface area (Å²) in [7, 11) is 4.03. The Morgan fingerprint density at radius 3 is 2.64 bits per heavy atom. The monoisotopic (exact) mass is 299 g/mol. The number of piperidine rings is 1. The van der Waals surface area contributed by atoms with Crippen LogP contribution >= 0.6 is 0 Å². The molecule has 4 nitrogen and oxygen atoms in total. The van der Waals surface area contributed by atoms with Crippen molar-refractivity contribution in [2.24, 2.45) is 5.41 Å². The fraction of sp³-hybridized carbons (Fsp3) is 0.556. The van der Waals surface area contributed by atoms with Crippen LogP contribution in [0.3, 0.4) is 0 Å². The van der Waals surface area contributed by atoms with Crippen molar-refractivity contribution in [3.8, 4) is 6.07 Å². The molecule has 1 amide bonds. The second kappa shape index (κ2) is 6.83. The quantitative estimate of drug-likeness (QED) is 0.859. The maximum Gasteiger partial charge on any atom is 0.222 e. The zero-order chi connectivity index (χ0) is 16.2. The van der Waals surface area contributed by atoms with Crippen LogP contribution in [0.2, 0.25) is 0 Å². The SMILES string of the molecule is CN(C)c1ccc(CCC(=O)N2CCCC(C)(C#N)C2)cc1. The standard InChI is InChI=1S/C18H25N3O/c1-18(13-19)11-4-12-21(14-18)17(22)10-7-15-5-8-16(9-6-15)20(2)3/h5-6,8-9H,4,7,10-12,14H2,1-3H3. The van der Waals surface area contributed by atoms with Gasteiger partial charge in [-0.05, 0) is 43.9 Å². The van der Waals surface area contributed by atoms with Crippen LogP contribution in [0.4, 0.5) is 5.69 Å². The molecule has 2 rings (SSSR count). The Bertz CT molecular complexity index is 559. The molecule has 0 aliphatic carbocycles. The lowest BCUT2D eigenvalue weighted by Gasteiger charge is -2.36. The molecule has 22 heavy (non-hydrogen) atoms. The summed E-state index contributed by atoms with van der Waals surface area (Å²) in [5, 5.41) is 9.24. The summed E-state index contributed by atoms with van der Waals surface area (Å²) in [5.41, 5.74) is 1.97. The van der Waals surface area contributed by atoms with E-state index < -0.39 is 0 Å². The number of benzene rings is 1. The molecule has 118 valence electrons. The topological polar surface area (TPSA) is 47.3 Å². The minimum Gasteiger partial charge on any atom is -0.378 e. The van der Waals surface area contributed by atoms with Crippen molar-refractivity contribution < 1.29 is 4.79 Å². The first-order valence-electron chi connectivity index (χ1n) is 7.89. The molecule has 0 N–H and O–H groups in total. The Hall–Kier alpha value is -2.02. The number of amides is 1. The lowest BCUT2D eigenvalue weighted by molar-refractivity contribution is -0.133. The largest absolute Gasteiger partial charge is 0.378 e. The minimum atomic E-state index is -0.374. The van der Waals surface area contributed by atoms with Gasteiger partial charge in [-0.3, -0.25) is 4.79 Å². The molecule has 1 unspecified atom stereocenters. The molecule has 4 heteroatoms. The number of carbonyl (C=O) groups excluding carboxylic acids is 1. The van der Waals surface area contributed by atoms with Gasteiger partial charge in [0.2, 0.25) is 5.91 Å². The van der Waals surface area contributed by atoms with Crippen LogP contribution in [0, 0.1) is 16.7 Å². The smallest absolute Gasteiger partial charge is 0.222 e. The number of nitrogens with zero attached hydrogens (tertiary/aromatic N) is 3. The van der Waals surface area contributed by atoms with E-state index in [2.05, 4.69) is 35.2 Å². The van der Waals surface area contributed by atoms with Crippen molar-refractivity contribution in [3.05, 3.63) is 29.8 Å². The van der Waals surface area contributed by atoms with Crippen LogP contribution in [0.25, 0.3) is 0 Å². The van der Waals surface area contributed by atoms with Gasteiger partial charge in [0.15, 0.2) is 0 Å². The molecule has 0 saturated carbocycles. The van der Waals surface area contributed by atoms with E-state index in [1.54, 1.807) is 0 Å². The van der Waals surface area contributed by atoms with Crippen LogP contribution in [0.15, 0.2) is 24.3 Å². The number of rotatable bonds is 4. The van der Waals surface area contributed by atoms with E-state index in [0.29, 0.717) is 13.0 Å². The Morgan fingerprint density at radius 2 is 2.05 bits per heavy atom. The molecule has 1 aromatic carbocycles. The number of hydrogen-bond acceptors (Lipinski definition) is 3. The second-order valence-electron chi connectivity index (χ2n) is 6.65. The second-order valence-corrected chi connectivity index (χ2v) is 6.65. The highest BCUT2D eigenvalue weighted by Gasteiger charge is 2.32. The Labute approximate surface area is 133 Å². The highest BCUT2D eigenvalue weighted by Crippen LogP contribution is 2.28. The van der Waals surface area contributed by atoms with Crippen LogP contribution in [-0.2, 0) is 11.2 Å². The fourth-order valence-corrected chi connectivity index (χ4v) is 2.91. The predicted molar refractivity (Wildman–Crippen MR) is 88.6 cm³/mol. The van der Waals surface area contributed by atoms with Gasteiger partial charge in [0, 0.05) is 39.3 Å². The van der Waals surface area contributed by atoms with Crippen molar-refractivity contribution in [1.29, 1.82) is 5.26 Å². The Morgan fingerprint density at radius 1 is 1.36 bits per heavy atom. The fourth-order valence-electron chi connectivity index (χ4n) is 2.91. The lowest BCUT2D eigenvalue weighted by atomic mass is 9.83. The zero-order valence-corrected chi connectivity index (χ0v) is 13.8. The predicted octanol–water partition coefficient (Wildman–Crippen LogP) is 2.84. The molecular formula is C18H25N3O. The molecule has 0 aromatic heterocycles. The van der Waals surface area contributed by atoms with Gasteiger partial charge in [-0.15, -0.1) is 0 Å². The molecule has 1 aromatic rings. The molecule has 1 aliphatic heterocycles.